The number of aryl methyl sites for hydroxylation is 2. The predicted molar refractivity (Wildman–Crippen MR) is 67.4 cm³/mol. The molecule has 0 saturated heterocycles. The molecule has 1 aromatic heterocycles. The highest BCUT2D eigenvalue weighted by Crippen LogP contribution is 2.24. The molecule has 0 aliphatic heterocycles. The lowest BCUT2D eigenvalue weighted by Crippen LogP contribution is -2.13. The largest absolute Gasteiger partial charge is 0.246 e. The third kappa shape index (κ3) is 3.06. The van der Waals surface area contributed by atoms with E-state index in [4.69, 9.17) is 0 Å². The Bertz CT molecular complexity index is 274. The van der Waals surface area contributed by atoms with Gasteiger partial charge in [0.1, 0.15) is 0 Å². The van der Waals surface area contributed by atoms with E-state index in [1.807, 2.05) is 11.3 Å². The predicted octanol–water partition coefficient (Wildman–Crippen LogP) is 3.97. The molecule has 0 fully saturated rings. The van der Waals surface area contributed by atoms with Crippen molar-refractivity contribution < 1.29 is 0 Å². The molecular weight excluding hydrogens is 258 g/mol. The number of hydrogen-bond donors (Lipinski definition) is 0. The molecule has 0 spiro atoms. The van der Waals surface area contributed by atoms with Gasteiger partial charge in [0.2, 0.25) is 0 Å². The van der Waals surface area contributed by atoms with Crippen LogP contribution in [0.3, 0.4) is 0 Å². The summed E-state index contributed by atoms with van der Waals surface area (Å²) in [4.78, 5) is 5.94. The summed E-state index contributed by atoms with van der Waals surface area (Å²) in [6.07, 6.45) is 1.11. The smallest absolute Gasteiger partial charge is 0.0934 e. The first-order valence-corrected chi connectivity index (χ1v) is 6.97. The van der Waals surface area contributed by atoms with E-state index in [-0.39, 0.29) is 0 Å². The molecule has 14 heavy (non-hydrogen) atoms. The second kappa shape index (κ2) is 5.26. The molecule has 3 heteroatoms. The SMILES string of the molecule is Cc1nc(CC(CBr)C(C)C)sc1C. The van der Waals surface area contributed by atoms with Gasteiger partial charge in [-0.3, -0.25) is 0 Å². The van der Waals surface area contributed by atoms with Crippen LogP contribution in [0.1, 0.15) is 29.4 Å². The van der Waals surface area contributed by atoms with Crippen LogP contribution in [0.15, 0.2) is 0 Å². The molecule has 1 heterocycles. The van der Waals surface area contributed by atoms with E-state index in [1.165, 1.54) is 15.6 Å². The van der Waals surface area contributed by atoms with Crippen molar-refractivity contribution in [2.24, 2.45) is 11.8 Å². The fraction of sp³-hybridized carbons (Fsp3) is 0.727. The molecule has 0 N–H and O–H groups in total. The molecule has 80 valence electrons. The molecule has 1 aromatic rings. The quantitative estimate of drug-likeness (QED) is 0.758. The van der Waals surface area contributed by atoms with E-state index in [0.29, 0.717) is 5.92 Å². The van der Waals surface area contributed by atoms with Gasteiger partial charge in [-0.25, -0.2) is 4.98 Å². The molecule has 1 nitrogen and oxygen atoms in total. The lowest BCUT2D eigenvalue weighted by atomic mass is 9.95. The molecule has 1 rings (SSSR count). The minimum absolute atomic E-state index is 0.708. The van der Waals surface area contributed by atoms with E-state index >= 15 is 0 Å². The first kappa shape index (κ1) is 12.2. The Labute approximate surface area is 99.1 Å². The van der Waals surface area contributed by atoms with Crippen molar-refractivity contribution in [2.45, 2.75) is 34.1 Å². The molecule has 0 aliphatic rings. The zero-order chi connectivity index (χ0) is 10.7. The topological polar surface area (TPSA) is 12.9 Å². The summed E-state index contributed by atoms with van der Waals surface area (Å²) >= 11 is 5.42. The van der Waals surface area contributed by atoms with Crippen LogP contribution in [0, 0.1) is 25.7 Å². The fourth-order valence-electron chi connectivity index (χ4n) is 1.32. The summed E-state index contributed by atoms with van der Waals surface area (Å²) in [5.74, 6) is 1.43. The Hall–Kier alpha value is 0.110. The Balaban J connectivity index is 2.67. The van der Waals surface area contributed by atoms with E-state index in [9.17, 15) is 0 Å². The number of rotatable bonds is 4. The molecule has 0 radical (unpaired) electrons. The van der Waals surface area contributed by atoms with Crippen LogP contribution < -0.4 is 0 Å². The van der Waals surface area contributed by atoms with Gasteiger partial charge in [-0.2, -0.15) is 0 Å². The lowest BCUT2D eigenvalue weighted by molar-refractivity contribution is 0.426. The maximum Gasteiger partial charge on any atom is 0.0934 e. The summed E-state index contributed by atoms with van der Waals surface area (Å²) in [5.41, 5.74) is 1.20. The van der Waals surface area contributed by atoms with Crippen LogP contribution >= 0.6 is 27.3 Å². The normalized spacial score (nSPS) is 13.6. The van der Waals surface area contributed by atoms with Gasteiger partial charge in [0.05, 0.1) is 10.7 Å². The van der Waals surface area contributed by atoms with Gasteiger partial charge < -0.3 is 0 Å². The number of hydrogen-bond acceptors (Lipinski definition) is 2. The van der Waals surface area contributed by atoms with Gasteiger partial charge in [-0.1, -0.05) is 29.8 Å². The van der Waals surface area contributed by atoms with Crippen molar-refractivity contribution >= 4 is 27.3 Å². The fourth-order valence-corrected chi connectivity index (χ4v) is 3.32. The summed E-state index contributed by atoms with van der Waals surface area (Å²) in [6.45, 7) is 8.79. The highest BCUT2D eigenvalue weighted by Gasteiger charge is 2.15. The summed E-state index contributed by atoms with van der Waals surface area (Å²) in [7, 11) is 0. The van der Waals surface area contributed by atoms with Crippen molar-refractivity contribution in [2.75, 3.05) is 5.33 Å². The van der Waals surface area contributed by atoms with Crippen molar-refractivity contribution in [3.8, 4) is 0 Å². The Morgan fingerprint density at radius 2 is 2.00 bits per heavy atom. The molecule has 0 aromatic carbocycles. The zero-order valence-electron chi connectivity index (χ0n) is 9.30. The highest BCUT2D eigenvalue weighted by atomic mass is 79.9. The summed E-state index contributed by atoms with van der Waals surface area (Å²) in [5, 5.41) is 2.36. The monoisotopic (exact) mass is 275 g/mol. The molecule has 1 atom stereocenters. The average Bonchev–Trinajstić information content (AvgIpc) is 2.41. The minimum atomic E-state index is 0.708. The van der Waals surface area contributed by atoms with Crippen LogP contribution in [-0.4, -0.2) is 10.3 Å². The first-order chi connectivity index (χ1) is 6.54. The van der Waals surface area contributed by atoms with E-state index < -0.39 is 0 Å². The third-order valence-electron chi connectivity index (χ3n) is 2.65. The molecular formula is C11H18BrNS. The summed E-state index contributed by atoms with van der Waals surface area (Å²) < 4.78 is 0. The van der Waals surface area contributed by atoms with Gasteiger partial charge in [-0.15, -0.1) is 11.3 Å². The van der Waals surface area contributed by atoms with Crippen LogP contribution in [0.2, 0.25) is 0 Å². The second-order valence-electron chi connectivity index (χ2n) is 4.11. The number of halogens is 1. The highest BCUT2D eigenvalue weighted by molar-refractivity contribution is 9.09. The third-order valence-corrected chi connectivity index (χ3v) is 4.58. The maximum absolute atomic E-state index is 4.58. The summed E-state index contributed by atoms with van der Waals surface area (Å²) in [6, 6.07) is 0. The number of nitrogens with zero attached hydrogens (tertiary/aromatic N) is 1. The molecule has 0 bridgehead atoms. The van der Waals surface area contributed by atoms with Crippen LogP contribution in [0.5, 0.6) is 0 Å². The first-order valence-electron chi connectivity index (χ1n) is 5.03. The molecule has 0 amide bonds. The van der Waals surface area contributed by atoms with Crippen molar-refractivity contribution in [3.63, 3.8) is 0 Å². The number of alkyl halides is 1. The number of aromatic nitrogens is 1. The molecule has 0 saturated carbocycles. The van der Waals surface area contributed by atoms with Crippen LogP contribution in [-0.2, 0) is 6.42 Å². The van der Waals surface area contributed by atoms with Gasteiger partial charge in [0.25, 0.3) is 0 Å². The van der Waals surface area contributed by atoms with E-state index in [0.717, 1.165) is 17.7 Å². The average molecular weight is 276 g/mol. The second-order valence-corrected chi connectivity index (χ2v) is 6.05. The zero-order valence-corrected chi connectivity index (χ0v) is 11.7. The van der Waals surface area contributed by atoms with Crippen molar-refractivity contribution in [1.82, 2.24) is 4.98 Å². The standard InChI is InChI=1S/C11H18BrNS/c1-7(2)10(6-12)5-11-13-8(3)9(4)14-11/h7,10H,5-6H2,1-4H3. The molecule has 1 unspecified atom stereocenters. The van der Waals surface area contributed by atoms with E-state index in [2.05, 4.69) is 48.6 Å². The molecule has 0 aliphatic carbocycles. The van der Waals surface area contributed by atoms with Gasteiger partial charge in [-0.05, 0) is 25.7 Å². The lowest BCUT2D eigenvalue weighted by Gasteiger charge is -2.16. The Morgan fingerprint density at radius 1 is 1.36 bits per heavy atom. The van der Waals surface area contributed by atoms with Crippen molar-refractivity contribution in [3.05, 3.63) is 15.6 Å². The van der Waals surface area contributed by atoms with E-state index in [1.54, 1.807) is 0 Å². The Kier molecular flexibility index (Phi) is 4.58. The van der Waals surface area contributed by atoms with Crippen LogP contribution in [0.25, 0.3) is 0 Å². The van der Waals surface area contributed by atoms with Gasteiger partial charge in [0.15, 0.2) is 0 Å². The van der Waals surface area contributed by atoms with Gasteiger partial charge in [0, 0.05) is 16.6 Å². The minimum Gasteiger partial charge on any atom is -0.246 e. The van der Waals surface area contributed by atoms with Gasteiger partial charge >= 0.3 is 0 Å². The maximum atomic E-state index is 4.58. The number of thiazole rings is 1. The Morgan fingerprint density at radius 3 is 2.36 bits per heavy atom. The van der Waals surface area contributed by atoms with Crippen LogP contribution in [0.4, 0.5) is 0 Å². The van der Waals surface area contributed by atoms with Crippen molar-refractivity contribution in [1.29, 1.82) is 0 Å².